The van der Waals surface area contributed by atoms with Crippen LogP contribution in [0, 0.1) is 0 Å². The average Bonchev–Trinajstić information content (AvgIpc) is 2.37. The number of hydrogen-bond acceptors (Lipinski definition) is 3. The van der Waals surface area contributed by atoms with E-state index in [4.69, 9.17) is 0 Å². The zero-order valence-corrected chi connectivity index (χ0v) is 10.9. The molecule has 3 nitrogen and oxygen atoms in total. The Bertz CT molecular complexity index is 336. The first-order chi connectivity index (χ1) is 8.27. The Morgan fingerprint density at radius 2 is 2.35 bits per heavy atom. The van der Waals surface area contributed by atoms with Gasteiger partial charge in [-0.15, -0.1) is 6.58 Å². The van der Waals surface area contributed by atoms with Crippen molar-refractivity contribution in [3.05, 3.63) is 36.7 Å². The van der Waals surface area contributed by atoms with E-state index in [0.29, 0.717) is 0 Å². The minimum absolute atomic E-state index is 0.838. The van der Waals surface area contributed by atoms with Gasteiger partial charge in [0.1, 0.15) is 0 Å². The summed E-state index contributed by atoms with van der Waals surface area (Å²) in [4.78, 5) is 6.61. The van der Waals surface area contributed by atoms with Crippen molar-refractivity contribution < 1.29 is 0 Å². The average molecular weight is 233 g/mol. The summed E-state index contributed by atoms with van der Waals surface area (Å²) in [5.41, 5.74) is 2.33. The van der Waals surface area contributed by atoms with Crippen LogP contribution in [0.3, 0.4) is 0 Å². The van der Waals surface area contributed by atoms with Gasteiger partial charge in [-0.05, 0) is 31.5 Å². The smallest absolute Gasteiger partial charge is 0.0562 e. The second-order valence-electron chi connectivity index (χ2n) is 4.14. The first kappa shape index (κ1) is 13.7. The van der Waals surface area contributed by atoms with Crippen LogP contribution in [-0.4, -0.2) is 25.1 Å². The molecule has 0 aliphatic heterocycles. The lowest BCUT2D eigenvalue weighted by atomic mass is 10.2. The lowest BCUT2D eigenvalue weighted by molar-refractivity contribution is 0.709. The molecule has 0 bridgehead atoms. The quantitative estimate of drug-likeness (QED) is 0.552. The van der Waals surface area contributed by atoms with Gasteiger partial charge in [0.2, 0.25) is 0 Å². The Hall–Kier alpha value is -1.35. The summed E-state index contributed by atoms with van der Waals surface area (Å²) in [5.74, 6) is 0. The van der Waals surface area contributed by atoms with E-state index in [0.717, 1.165) is 38.2 Å². The van der Waals surface area contributed by atoms with Crippen LogP contribution >= 0.6 is 0 Å². The van der Waals surface area contributed by atoms with Gasteiger partial charge in [0.15, 0.2) is 0 Å². The normalized spacial score (nSPS) is 10.2. The SMILES string of the molecule is C=CCCCN(C)c1ccnc(CNCC)c1. The monoisotopic (exact) mass is 233 g/mol. The van der Waals surface area contributed by atoms with Crippen molar-refractivity contribution in [3.8, 4) is 0 Å². The largest absolute Gasteiger partial charge is 0.374 e. The highest BCUT2D eigenvalue weighted by Crippen LogP contribution is 2.13. The third-order valence-electron chi connectivity index (χ3n) is 2.70. The van der Waals surface area contributed by atoms with Crippen LogP contribution in [0.2, 0.25) is 0 Å². The van der Waals surface area contributed by atoms with Crippen LogP contribution in [0.25, 0.3) is 0 Å². The third kappa shape index (κ3) is 5.00. The number of nitrogens with one attached hydrogen (secondary N) is 1. The molecule has 1 rings (SSSR count). The summed E-state index contributed by atoms with van der Waals surface area (Å²) in [7, 11) is 2.12. The summed E-state index contributed by atoms with van der Waals surface area (Å²) in [5, 5.41) is 3.29. The second kappa shape index (κ2) is 7.85. The van der Waals surface area contributed by atoms with Crippen LogP contribution in [0.4, 0.5) is 5.69 Å². The number of hydrogen-bond donors (Lipinski definition) is 1. The molecule has 0 atom stereocenters. The predicted octanol–water partition coefficient (Wildman–Crippen LogP) is 2.59. The fourth-order valence-corrected chi connectivity index (χ4v) is 1.65. The van der Waals surface area contributed by atoms with E-state index in [9.17, 15) is 0 Å². The standard InChI is InChI=1S/C14H23N3/c1-4-6-7-10-17(3)14-8-9-16-13(11-14)12-15-5-2/h4,8-9,11,15H,1,5-7,10,12H2,2-3H3. The number of unbranched alkanes of at least 4 members (excludes halogenated alkanes) is 1. The number of nitrogens with zero attached hydrogens (tertiary/aromatic N) is 2. The van der Waals surface area contributed by atoms with Crippen LogP contribution in [0.1, 0.15) is 25.5 Å². The minimum atomic E-state index is 0.838. The molecular weight excluding hydrogens is 210 g/mol. The fraction of sp³-hybridized carbons (Fsp3) is 0.500. The molecule has 17 heavy (non-hydrogen) atoms. The number of anilines is 1. The summed E-state index contributed by atoms with van der Waals surface area (Å²) < 4.78 is 0. The molecular formula is C14H23N3. The molecule has 1 heterocycles. The first-order valence-electron chi connectivity index (χ1n) is 6.25. The summed E-state index contributed by atoms with van der Waals surface area (Å²) in [6, 6.07) is 4.21. The van der Waals surface area contributed by atoms with E-state index in [-0.39, 0.29) is 0 Å². The van der Waals surface area contributed by atoms with Crippen molar-refractivity contribution in [2.75, 3.05) is 25.0 Å². The van der Waals surface area contributed by atoms with Gasteiger partial charge in [-0.2, -0.15) is 0 Å². The molecule has 0 saturated carbocycles. The number of aromatic nitrogens is 1. The van der Waals surface area contributed by atoms with E-state index >= 15 is 0 Å². The lowest BCUT2D eigenvalue weighted by Gasteiger charge is -2.19. The highest BCUT2D eigenvalue weighted by atomic mass is 15.1. The maximum atomic E-state index is 4.35. The first-order valence-corrected chi connectivity index (χ1v) is 6.25. The van der Waals surface area contributed by atoms with Gasteiger partial charge in [-0.3, -0.25) is 4.98 Å². The Labute approximate surface area is 105 Å². The second-order valence-corrected chi connectivity index (χ2v) is 4.14. The molecule has 0 unspecified atom stereocenters. The van der Waals surface area contributed by atoms with Gasteiger partial charge in [0, 0.05) is 32.0 Å². The molecule has 0 spiro atoms. The van der Waals surface area contributed by atoms with Crippen molar-refractivity contribution in [2.24, 2.45) is 0 Å². The fourth-order valence-electron chi connectivity index (χ4n) is 1.65. The molecule has 1 N–H and O–H groups in total. The van der Waals surface area contributed by atoms with Crippen molar-refractivity contribution in [1.82, 2.24) is 10.3 Å². The Balaban J connectivity index is 2.53. The number of pyridine rings is 1. The zero-order valence-electron chi connectivity index (χ0n) is 10.9. The molecule has 0 saturated heterocycles. The highest BCUT2D eigenvalue weighted by Gasteiger charge is 2.02. The van der Waals surface area contributed by atoms with Crippen molar-refractivity contribution in [1.29, 1.82) is 0 Å². The molecule has 0 amide bonds. The summed E-state index contributed by atoms with van der Waals surface area (Å²) in [6.07, 6.45) is 6.06. The summed E-state index contributed by atoms with van der Waals surface area (Å²) >= 11 is 0. The van der Waals surface area contributed by atoms with Crippen LogP contribution in [0.15, 0.2) is 31.0 Å². The topological polar surface area (TPSA) is 28.2 Å². The molecule has 94 valence electrons. The van der Waals surface area contributed by atoms with Crippen molar-refractivity contribution in [2.45, 2.75) is 26.3 Å². The predicted molar refractivity (Wildman–Crippen MR) is 74.3 cm³/mol. The number of allylic oxidation sites excluding steroid dienone is 1. The van der Waals surface area contributed by atoms with Crippen LogP contribution in [-0.2, 0) is 6.54 Å². The van der Waals surface area contributed by atoms with E-state index in [1.807, 2.05) is 12.3 Å². The van der Waals surface area contributed by atoms with Gasteiger partial charge < -0.3 is 10.2 Å². The van der Waals surface area contributed by atoms with E-state index in [2.05, 4.69) is 47.9 Å². The summed E-state index contributed by atoms with van der Waals surface area (Å²) in [6.45, 7) is 8.71. The molecule has 0 fully saturated rings. The minimum Gasteiger partial charge on any atom is -0.374 e. The molecule has 0 radical (unpaired) electrons. The van der Waals surface area contributed by atoms with Crippen molar-refractivity contribution in [3.63, 3.8) is 0 Å². The van der Waals surface area contributed by atoms with Crippen LogP contribution < -0.4 is 10.2 Å². The van der Waals surface area contributed by atoms with Gasteiger partial charge in [0.05, 0.1) is 5.69 Å². The van der Waals surface area contributed by atoms with Gasteiger partial charge in [-0.1, -0.05) is 13.0 Å². The van der Waals surface area contributed by atoms with Gasteiger partial charge >= 0.3 is 0 Å². The molecule has 1 aromatic heterocycles. The van der Waals surface area contributed by atoms with E-state index in [1.54, 1.807) is 0 Å². The molecule has 3 heteroatoms. The Morgan fingerprint density at radius 3 is 3.06 bits per heavy atom. The van der Waals surface area contributed by atoms with Crippen LogP contribution in [0.5, 0.6) is 0 Å². The van der Waals surface area contributed by atoms with Gasteiger partial charge in [-0.25, -0.2) is 0 Å². The lowest BCUT2D eigenvalue weighted by Crippen LogP contribution is -2.19. The van der Waals surface area contributed by atoms with E-state index in [1.165, 1.54) is 5.69 Å². The Kier molecular flexibility index (Phi) is 6.33. The van der Waals surface area contributed by atoms with E-state index < -0.39 is 0 Å². The molecule has 1 aromatic rings. The third-order valence-corrected chi connectivity index (χ3v) is 2.70. The van der Waals surface area contributed by atoms with Crippen molar-refractivity contribution >= 4 is 5.69 Å². The molecule has 0 aliphatic rings. The zero-order chi connectivity index (χ0) is 12.5. The molecule has 0 aromatic carbocycles. The number of rotatable bonds is 8. The molecule has 0 aliphatic carbocycles. The highest BCUT2D eigenvalue weighted by molar-refractivity contribution is 5.45. The maximum absolute atomic E-state index is 4.35. The maximum Gasteiger partial charge on any atom is 0.0562 e. The Morgan fingerprint density at radius 1 is 1.53 bits per heavy atom. The van der Waals surface area contributed by atoms with Gasteiger partial charge in [0.25, 0.3) is 0 Å².